The van der Waals surface area contributed by atoms with Gasteiger partial charge in [-0.3, -0.25) is 4.79 Å². The van der Waals surface area contributed by atoms with Crippen LogP contribution in [0.3, 0.4) is 0 Å². The van der Waals surface area contributed by atoms with Gasteiger partial charge in [0.15, 0.2) is 0 Å². The molecule has 4 heteroatoms. The van der Waals surface area contributed by atoms with Crippen LogP contribution in [0.2, 0.25) is 0 Å². The highest BCUT2D eigenvalue weighted by molar-refractivity contribution is 5.84. The highest BCUT2D eigenvalue weighted by Crippen LogP contribution is 2.20. The molecule has 1 amide bonds. The zero-order valence-corrected chi connectivity index (χ0v) is 12.9. The van der Waals surface area contributed by atoms with Crippen LogP contribution in [0.5, 0.6) is 0 Å². The molecule has 0 aromatic rings. The number of hydrogen-bond acceptors (Lipinski definition) is 3. The number of nitrogens with two attached hydrogens (primary N) is 1. The van der Waals surface area contributed by atoms with E-state index in [1.165, 1.54) is 32.4 Å². The van der Waals surface area contributed by atoms with Gasteiger partial charge in [-0.2, -0.15) is 0 Å². The summed E-state index contributed by atoms with van der Waals surface area (Å²) in [5.41, 5.74) is 4.88. The Bertz CT molecular complexity index is 283. The van der Waals surface area contributed by atoms with Crippen LogP contribution >= 0.6 is 0 Å². The van der Waals surface area contributed by atoms with Crippen molar-refractivity contribution in [3.05, 3.63) is 0 Å². The SMILES string of the molecule is CCC1CCCN(CCCCC(C)(NC)C(N)=O)C1. The Hall–Kier alpha value is -0.610. The molecule has 112 valence electrons. The zero-order chi connectivity index (χ0) is 14.3. The number of rotatable bonds is 8. The van der Waals surface area contributed by atoms with Gasteiger partial charge in [-0.1, -0.05) is 13.3 Å². The van der Waals surface area contributed by atoms with Gasteiger partial charge in [0.2, 0.25) is 5.91 Å². The first-order valence-corrected chi connectivity index (χ1v) is 7.73. The fraction of sp³-hybridized carbons (Fsp3) is 0.933. The van der Waals surface area contributed by atoms with Gasteiger partial charge in [-0.15, -0.1) is 0 Å². The number of nitrogens with zero attached hydrogens (tertiary/aromatic N) is 1. The summed E-state index contributed by atoms with van der Waals surface area (Å²) in [6.45, 7) is 7.85. The van der Waals surface area contributed by atoms with E-state index >= 15 is 0 Å². The first kappa shape index (κ1) is 16.4. The molecular weight excluding hydrogens is 238 g/mol. The highest BCUT2D eigenvalue weighted by atomic mass is 16.1. The highest BCUT2D eigenvalue weighted by Gasteiger charge is 2.28. The minimum atomic E-state index is -0.548. The van der Waals surface area contributed by atoms with E-state index in [4.69, 9.17) is 5.73 Å². The van der Waals surface area contributed by atoms with Crippen molar-refractivity contribution >= 4 is 5.91 Å². The molecule has 2 atom stereocenters. The molecule has 1 saturated heterocycles. The van der Waals surface area contributed by atoms with Crippen molar-refractivity contribution < 1.29 is 4.79 Å². The van der Waals surface area contributed by atoms with Gasteiger partial charge >= 0.3 is 0 Å². The van der Waals surface area contributed by atoms with E-state index in [-0.39, 0.29) is 5.91 Å². The minimum Gasteiger partial charge on any atom is -0.368 e. The Morgan fingerprint density at radius 2 is 2.21 bits per heavy atom. The van der Waals surface area contributed by atoms with Crippen molar-refractivity contribution in [2.75, 3.05) is 26.7 Å². The van der Waals surface area contributed by atoms with Crippen LogP contribution in [0.4, 0.5) is 0 Å². The summed E-state index contributed by atoms with van der Waals surface area (Å²) in [6.07, 6.45) is 7.06. The lowest BCUT2D eigenvalue weighted by Gasteiger charge is -2.32. The molecule has 0 aliphatic carbocycles. The second-order valence-electron chi connectivity index (χ2n) is 6.12. The molecule has 19 heavy (non-hydrogen) atoms. The van der Waals surface area contributed by atoms with E-state index in [1.54, 1.807) is 7.05 Å². The van der Waals surface area contributed by atoms with Crippen molar-refractivity contribution in [2.24, 2.45) is 11.7 Å². The molecule has 1 heterocycles. The average molecular weight is 269 g/mol. The fourth-order valence-corrected chi connectivity index (χ4v) is 2.87. The van der Waals surface area contributed by atoms with E-state index in [0.29, 0.717) is 0 Å². The molecule has 1 aliphatic rings. The van der Waals surface area contributed by atoms with E-state index < -0.39 is 5.54 Å². The smallest absolute Gasteiger partial charge is 0.237 e. The van der Waals surface area contributed by atoms with Gasteiger partial charge in [-0.05, 0) is 65.1 Å². The largest absolute Gasteiger partial charge is 0.368 e. The van der Waals surface area contributed by atoms with Crippen molar-refractivity contribution in [3.63, 3.8) is 0 Å². The lowest BCUT2D eigenvalue weighted by Crippen LogP contribution is -2.51. The minimum absolute atomic E-state index is 0.251. The summed E-state index contributed by atoms with van der Waals surface area (Å²) in [5.74, 6) is 0.640. The number of piperidine rings is 1. The Balaban J connectivity index is 2.21. The molecule has 1 fully saturated rings. The monoisotopic (exact) mass is 269 g/mol. The molecular formula is C15H31N3O. The van der Waals surface area contributed by atoms with Crippen molar-refractivity contribution in [2.45, 2.75) is 57.9 Å². The molecule has 2 unspecified atom stereocenters. The molecule has 0 aromatic heterocycles. The van der Waals surface area contributed by atoms with E-state index in [0.717, 1.165) is 31.7 Å². The fourth-order valence-electron chi connectivity index (χ4n) is 2.87. The number of hydrogen-bond donors (Lipinski definition) is 2. The second-order valence-corrected chi connectivity index (χ2v) is 6.12. The van der Waals surface area contributed by atoms with Gasteiger partial charge in [0.1, 0.15) is 0 Å². The van der Waals surface area contributed by atoms with Crippen LogP contribution in [-0.4, -0.2) is 43.0 Å². The van der Waals surface area contributed by atoms with Gasteiger partial charge in [0.25, 0.3) is 0 Å². The number of nitrogens with one attached hydrogen (secondary N) is 1. The maximum Gasteiger partial charge on any atom is 0.237 e. The molecule has 0 radical (unpaired) electrons. The Kier molecular flexibility index (Phi) is 6.80. The standard InChI is InChI=1S/C15H31N3O/c1-4-13-8-7-11-18(12-13)10-6-5-9-15(2,17-3)14(16)19/h13,17H,4-12H2,1-3H3,(H2,16,19). The number of carbonyl (C=O) groups is 1. The molecule has 1 aliphatic heterocycles. The number of primary amides is 1. The predicted molar refractivity (Wildman–Crippen MR) is 80.0 cm³/mol. The first-order chi connectivity index (χ1) is 9.01. The Labute approximate surface area is 118 Å². The molecule has 1 rings (SSSR count). The molecule has 4 nitrogen and oxygen atoms in total. The van der Waals surface area contributed by atoms with E-state index in [1.807, 2.05) is 6.92 Å². The van der Waals surface area contributed by atoms with E-state index in [2.05, 4.69) is 17.1 Å². The van der Waals surface area contributed by atoms with Crippen LogP contribution < -0.4 is 11.1 Å². The first-order valence-electron chi connectivity index (χ1n) is 7.73. The maximum absolute atomic E-state index is 11.4. The Morgan fingerprint density at radius 3 is 2.79 bits per heavy atom. The Morgan fingerprint density at radius 1 is 1.47 bits per heavy atom. The third kappa shape index (κ3) is 5.11. The average Bonchev–Trinajstić information content (AvgIpc) is 2.43. The quantitative estimate of drug-likeness (QED) is 0.660. The van der Waals surface area contributed by atoms with E-state index in [9.17, 15) is 4.79 Å². The predicted octanol–water partition coefficient (Wildman–Crippen LogP) is 1.74. The lowest BCUT2D eigenvalue weighted by molar-refractivity contribution is -0.123. The third-order valence-electron chi connectivity index (χ3n) is 4.68. The number of likely N-dealkylation sites (N-methyl/N-ethyl adjacent to an activating group) is 1. The van der Waals surface area contributed by atoms with Crippen molar-refractivity contribution in [3.8, 4) is 0 Å². The summed E-state index contributed by atoms with van der Waals surface area (Å²) >= 11 is 0. The molecule has 0 saturated carbocycles. The zero-order valence-electron chi connectivity index (χ0n) is 12.9. The summed E-state index contributed by atoms with van der Waals surface area (Å²) in [4.78, 5) is 14.0. The summed E-state index contributed by atoms with van der Waals surface area (Å²) < 4.78 is 0. The molecule has 3 N–H and O–H groups in total. The van der Waals surface area contributed by atoms with Crippen LogP contribution in [0.15, 0.2) is 0 Å². The van der Waals surface area contributed by atoms with Crippen LogP contribution in [-0.2, 0) is 4.79 Å². The summed E-state index contributed by atoms with van der Waals surface area (Å²) in [7, 11) is 1.81. The van der Waals surface area contributed by atoms with Gasteiger partial charge in [0.05, 0.1) is 5.54 Å². The topological polar surface area (TPSA) is 58.4 Å². The van der Waals surface area contributed by atoms with Gasteiger partial charge in [0, 0.05) is 6.54 Å². The van der Waals surface area contributed by atoms with Gasteiger partial charge < -0.3 is 16.0 Å². The van der Waals surface area contributed by atoms with Crippen LogP contribution in [0.1, 0.15) is 52.4 Å². The second kappa shape index (κ2) is 7.85. The van der Waals surface area contributed by atoms with Crippen molar-refractivity contribution in [1.29, 1.82) is 0 Å². The van der Waals surface area contributed by atoms with Crippen LogP contribution in [0.25, 0.3) is 0 Å². The van der Waals surface area contributed by atoms with Gasteiger partial charge in [-0.25, -0.2) is 0 Å². The number of unbranched alkanes of at least 4 members (excludes halogenated alkanes) is 1. The number of amides is 1. The number of likely N-dealkylation sites (tertiary alicyclic amines) is 1. The number of carbonyl (C=O) groups excluding carboxylic acids is 1. The molecule has 0 bridgehead atoms. The van der Waals surface area contributed by atoms with Crippen molar-refractivity contribution in [1.82, 2.24) is 10.2 Å². The molecule has 0 spiro atoms. The maximum atomic E-state index is 11.4. The lowest BCUT2D eigenvalue weighted by atomic mass is 9.93. The normalized spacial score (nSPS) is 24.1. The third-order valence-corrected chi connectivity index (χ3v) is 4.68. The summed E-state index contributed by atoms with van der Waals surface area (Å²) in [5, 5.41) is 3.04. The molecule has 0 aromatic carbocycles. The van der Waals surface area contributed by atoms with Crippen LogP contribution in [0, 0.1) is 5.92 Å². The summed E-state index contributed by atoms with van der Waals surface area (Å²) in [6, 6.07) is 0.